The lowest BCUT2D eigenvalue weighted by Crippen LogP contribution is -2.14. The highest BCUT2D eigenvalue weighted by atomic mass is 79.9. The molecule has 3 aromatic rings. The van der Waals surface area contributed by atoms with Crippen LogP contribution in [0, 0.1) is 13.8 Å². The molecule has 0 aliphatic rings. The number of anilines is 1. The zero-order valence-corrected chi connectivity index (χ0v) is 17.1. The third-order valence-corrected chi connectivity index (χ3v) is 5.49. The summed E-state index contributed by atoms with van der Waals surface area (Å²) in [7, 11) is 0. The summed E-state index contributed by atoms with van der Waals surface area (Å²) in [6.45, 7) is 7.19. The maximum absolute atomic E-state index is 12.4. The predicted molar refractivity (Wildman–Crippen MR) is 106 cm³/mol. The average molecular weight is 437 g/mol. The third kappa shape index (κ3) is 3.83. The van der Waals surface area contributed by atoms with E-state index in [1.807, 2.05) is 49.7 Å². The van der Waals surface area contributed by atoms with Crippen LogP contribution < -0.4 is 5.32 Å². The molecule has 0 spiro atoms. The second-order valence-electron chi connectivity index (χ2n) is 5.98. The summed E-state index contributed by atoms with van der Waals surface area (Å²) in [5.41, 5.74) is 3.96. The molecule has 0 saturated carbocycles. The molecule has 0 bridgehead atoms. The van der Waals surface area contributed by atoms with E-state index in [1.165, 1.54) is 0 Å². The van der Waals surface area contributed by atoms with Crippen LogP contribution in [0.2, 0.25) is 5.02 Å². The van der Waals surface area contributed by atoms with Crippen LogP contribution in [0.4, 0.5) is 5.69 Å². The van der Waals surface area contributed by atoms with E-state index in [0.717, 1.165) is 21.4 Å². The fraction of sp³-hybridized carbons (Fsp3) is 0.278. The van der Waals surface area contributed by atoms with Gasteiger partial charge < -0.3 is 5.32 Å². The number of carbonyl (C=O) groups is 1. The summed E-state index contributed by atoms with van der Waals surface area (Å²) in [6.07, 6.45) is 1.65. The molecule has 1 N–H and O–H groups in total. The van der Waals surface area contributed by atoms with Gasteiger partial charge in [-0.2, -0.15) is 10.2 Å². The van der Waals surface area contributed by atoms with Crippen LogP contribution in [0.15, 0.2) is 34.9 Å². The number of carbonyl (C=O) groups excluding carboxylic acids is 1. The minimum absolute atomic E-state index is 0.224. The third-order valence-electron chi connectivity index (χ3n) is 4.07. The van der Waals surface area contributed by atoms with E-state index >= 15 is 0 Å². The molecule has 0 radical (unpaired) electrons. The van der Waals surface area contributed by atoms with E-state index in [0.29, 0.717) is 23.8 Å². The lowest BCUT2D eigenvalue weighted by atomic mass is 10.2. The van der Waals surface area contributed by atoms with Crippen molar-refractivity contribution < 1.29 is 4.79 Å². The average Bonchev–Trinajstić information content (AvgIpc) is 3.11. The molecular formula is C18H19BrClN5O. The lowest BCUT2D eigenvalue weighted by Gasteiger charge is -2.08. The van der Waals surface area contributed by atoms with Crippen molar-refractivity contribution in [2.75, 3.05) is 5.32 Å². The van der Waals surface area contributed by atoms with E-state index in [-0.39, 0.29) is 11.6 Å². The topological polar surface area (TPSA) is 64.7 Å². The SMILES string of the molecule is CCn1cc(Cl)c(C(=O)Nc2cccc(Cn3nc(C)c(Br)c3C)c2)n1. The Morgan fingerprint density at radius 1 is 1.31 bits per heavy atom. The Hall–Kier alpha value is -2.12. The Morgan fingerprint density at radius 3 is 2.69 bits per heavy atom. The fourth-order valence-electron chi connectivity index (χ4n) is 2.65. The van der Waals surface area contributed by atoms with Gasteiger partial charge in [-0.3, -0.25) is 14.2 Å². The van der Waals surface area contributed by atoms with Crippen LogP contribution in [0.5, 0.6) is 0 Å². The monoisotopic (exact) mass is 435 g/mol. The van der Waals surface area contributed by atoms with Crippen LogP contribution >= 0.6 is 27.5 Å². The van der Waals surface area contributed by atoms with E-state index in [9.17, 15) is 4.79 Å². The largest absolute Gasteiger partial charge is 0.321 e. The number of rotatable bonds is 5. The molecule has 3 rings (SSSR count). The molecule has 0 fully saturated rings. The lowest BCUT2D eigenvalue weighted by molar-refractivity contribution is 0.102. The smallest absolute Gasteiger partial charge is 0.277 e. The molecule has 0 atom stereocenters. The highest BCUT2D eigenvalue weighted by Crippen LogP contribution is 2.22. The Morgan fingerprint density at radius 2 is 2.08 bits per heavy atom. The van der Waals surface area contributed by atoms with Crippen molar-refractivity contribution in [3.8, 4) is 0 Å². The van der Waals surface area contributed by atoms with Crippen molar-refractivity contribution in [1.82, 2.24) is 19.6 Å². The molecule has 6 nitrogen and oxygen atoms in total. The Kier molecular flexibility index (Phi) is 5.48. The van der Waals surface area contributed by atoms with Gasteiger partial charge in [-0.25, -0.2) is 0 Å². The van der Waals surface area contributed by atoms with Crippen molar-refractivity contribution in [3.63, 3.8) is 0 Å². The summed E-state index contributed by atoms with van der Waals surface area (Å²) in [6, 6.07) is 7.66. The van der Waals surface area contributed by atoms with Crippen molar-refractivity contribution in [2.24, 2.45) is 0 Å². The van der Waals surface area contributed by atoms with Crippen LogP contribution in [0.25, 0.3) is 0 Å². The number of hydrogen-bond acceptors (Lipinski definition) is 3. The summed E-state index contributed by atoms with van der Waals surface area (Å²) in [5, 5.41) is 11.9. The number of nitrogens with one attached hydrogen (secondary N) is 1. The fourth-order valence-corrected chi connectivity index (χ4v) is 3.17. The zero-order valence-electron chi connectivity index (χ0n) is 14.8. The molecule has 2 aromatic heterocycles. The maximum Gasteiger partial charge on any atom is 0.277 e. The van der Waals surface area contributed by atoms with Crippen molar-refractivity contribution >= 4 is 39.1 Å². The van der Waals surface area contributed by atoms with Gasteiger partial charge in [0.2, 0.25) is 0 Å². The molecule has 136 valence electrons. The molecule has 26 heavy (non-hydrogen) atoms. The van der Waals surface area contributed by atoms with Crippen LogP contribution in [-0.4, -0.2) is 25.5 Å². The summed E-state index contributed by atoms with van der Waals surface area (Å²) in [4.78, 5) is 12.4. The molecule has 0 aliphatic heterocycles. The normalized spacial score (nSPS) is 11.0. The molecule has 0 unspecified atom stereocenters. The number of halogens is 2. The molecule has 2 heterocycles. The summed E-state index contributed by atoms with van der Waals surface area (Å²) >= 11 is 9.64. The maximum atomic E-state index is 12.4. The predicted octanol–water partition coefficient (Wildman–Crippen LogP) is 4.43. The van der Waals surface area contributed by atoms with Gasteiger partial charge in [-0.05, 0) is 54.4 Å². The van der Waals surface area contributed by atoms with E-state index in [2.05, 4.69) is 31.4 Å². The van der Waals surface area contributed by atoms with Crippen LogP contribution in [-0.2, 0) is 13.1 Å². The first kappa shape index (κ1) is 18.7. The summed E-state index contributed by atoms with van der Waals surface area (Å²) < 4.78 is 4.58. The molecule has 1 amide bonds. The summed E-state index contributed by atoms with van der Waals surface area (Å²) in [5.74, 6) is -0.326. The first-order valence-electron chi connectivity index (χ1n) is 8.21. The van der Waals surface area contributed by atoms with Gasteiger partial charge in [0.15, 0.2) is 5.69 Å². The molecule has 8 heteroatoms. The molecule has 0 aliphatic carbocycles. The number of hydrogen-bond donors (Lipinski definition) is 1. The number of benzene rings is 1. The van der Waals surface area contributed by atoms with Gasteiger partial charge in [0.25, 0.3) is 5.91 Å². The Balaban J connectivity index is 1.77. The van der Waals surface area contributed by atoms with E-state index in [4.69, 9.17) is 11.6 Å². The minimum Gasteiger partial charge on any atom is -0.321 e. The van der Waals surface area contributed by atoms with Crippen molar-refractivity contribution in [2.45, 2.75) is 33.9 Å². The second-order valence-corrected chi connectivity index (χ2v) is 7.18. The van der Waals surface area contributed by atoms with Gasteiger partial charge >= 0.3 is 0 Å². The highest BCUT2D eigenvalue weighted by molar-refractivity contribution is 9.10. The first-order chi connectivity index (χ1) is 12.4. The minimum atomic E-state index is -0.326. The van der Waals surface area contributed by atoms with Crippen LogP contribution in [0.1, 0.15) is 34.4 Å². The van der Waals surface area contributed by atoms with E-state index < -0.39 is 0 Å². The Labute approximate surface area is 165 Å². The molecule has 0 saturated heterocycles. The van der Waals surface area contributed by atoms with Gasteiger partial charge in [0.1, 0.15) is 0 Å². The van der Waals surface area contributed by atoms with E-state index in [1.54, 1.807) is 10.9 Å². The van der Waals surface area contributed by atoms with Crippen molar-refractivity contribution in [1.29, 1.82) is 0 Å². The standard InChI is InChI=1S/C18H19BrClN5O/c1-4-24-10-15(20)17(23-24)18(26)21-14-7-5-6-13(8-14)9-25-12(3)16(19)11(2)22-25/h5-8,10H,4,9H2,1-3H3,(H,21,26). The molecule has 1 aromatic carbocycles. The number of amides is 1. The second kappa shape index (κ2) is 7.63. The van der Waals surface area contributed by atoms with Gasteiger partial charge in [0.05, 0.1) is 27.4 Å². The van der Waals surface area contributed by atoms with Crippen LogP contribution in [0.3, 0.4) is 0 Å². The highest BCUT2D eigenvalue weighted by Gasteiger charge is 2.16. The first-order valence-corrected chi connectivity index (χ1v) is 9.39. The zero-order chi connectivity index (χ0) is 18.8. The number of aryl methyl sites for hydroxylation is 2. The van der Waals surface area contributed by atoms with Gasteiger partial charge in [0, 0.05) is 18.4 Å². The number of aromatic nitrogens is 4. The Bertz CT molecular complexity index is 963. The quantitative estimate of drug-likeness (QED) is 0.643. The van der Waals surface area contributed by atoms with Crippen molar-refractivity contribution in [3.05, 3.63) is 62.6 Å². The number of nitrogens with zero attached hydrogens (tertiary/aromatic N) is 4. The van der Waals surface area contributed by atoms with Gasteiger partial charge in [-0.1, -0.05) is 23.7 Å². The molecular weight excluding hydrogens is 418 g/mol. The van der Waals surface area contributed by atoms with Gasteiger partial charge in [-0.15, -0.1) is 0 Å².